The van der Waals surface area contributed by atoms with Gasteiger partial charge in [-0.25, -0.2) is 4.98 Å². The Balaban J connectivity index is 1.68. The molecule has 0 bridgehead atoms. The van der Waals surface area contributed by atoms with Gasteiger partial charge in [0.25, 0.3) is 0 Å². The van der Waals surface area contributed by atoms with Crippen LogP contribution in [-0.4, -0.2) is 31.4 Å². The van der Waals surface area contributed by atoms with Gasteiger partial charge >= 0.3 is 0 Å². The topological polar surface area (TPSA) is 85.8 Å². The van der Waals surface area contributed by atoms with E-state index in [1.807, 2.05) is 22.8 Å². The van der Waals surface area contributed by atoms with Crippen LogP contribution in [0.5, 0.6) is 0 Å². The van der Waals surface area contributed by atoms with Crippen molar-refractivity contribution in [1.29, 1.82) is 0 Å². The Labute approximate surface area is 171 Å². The van der Waals surface area contributed by atoms with Gasteiger partial charge in [0.2, 0.25) is 11.7 Å². The third-order valence-electron chi connectivity index (χ3n) is 3.28. The largest absolute Gasteiger partial charge is 0.446 e. The van der Waals surface area contributed by atoms with Crippen LogP contribution in [0.25, 0.3) is 11.6 Å². The quantitative estimate of drug-likeness (QED) is 0.477. The molecular formula is C16H15Br2N5O2S. The highest BCUT2D eigenvalue weighted by Crippen LogP contribution is 2.27. The van der Waals surface area contributed by atoms with Crippen LogP contribution < -0.4 is 5.32 Å². The Kier molecular flexibility index (Phi) is 6.49. The van der Waals surface area contributed by atoms with E-state index < -0.39 is 0 Å². The minimum Gasteiger partial charge on any atom is -0.446 e. The number of hydrogen-bond acceptors (Lipinski definition) is 6. The summed E-state index contributed by atoms with van der Waals surface area (Å²) in [5, 5.41) is 11.9. The van der Waals surface area contributed by atoms with Crippen LogP contribution >= 0.6 is 43.6 Å². The molecule has 1 amide bonds. The molecule has 0 radical (unpaired) electrons. The maximum atomic E-state index is 12.2. The number of aromatic nitrogens is 4. The number of halogens is 2. The molecule has 0 aliphatic rings. The van der Waals surface area contributed by atoms with E-state index in [0.29, 0.717) is 27.2 Å². The number of nitrogens with one attached hydrogen (secondary N) is 1. The first-order valence-corrected chi connectivity index (χ1v) is 10.4. The van der Waals surface area contributed by atoms with Crippen molar-refractivity contribution >= 4 is 55.3 Å². The zero-order valence-electron chi connectivity index (χ0n) is 13.8. The van der Waals surface area contributed by atoms with Crippen LogP contribution in [0.3, 0.4) is 0 Å². The third-order valence-corrected chi connectivity index (χ3v) is 5.15. The molecule has 136 valence electrons. The number of nitrogens with zero attached hydrogens (tertiary/aromatic N) is 4. The lowest BCUT2D eigenvalue weighted by Gasteiger charge is -2.07. The number of amides is 1. The first kappa shape index (κ1) is 19.1. The van der Waals surface area contributed by atoms with Gasteiger partial charge < -0.3 is 9.73 Å². The van der Waals surface area contributed by atoms with Gasteiger partial charge in [0, 0.05) is 17.2 Å². The van der Waals surface area contributed by atoms with Gasteiger partial charge in [-0.3, -0.25) is 9.36 Å². The number of anilines is 1. The summed E-state index contributed by atoms with van der Waals surface area (Å²) in [4.78, 5) is 16.3. The number of hydrogen-bond donors (Lipinski definition) is 1. The minimum absolute atomic E-state index is 0.154. The molecule has 0 aliphatic heterocycles. The second-order valence-electron chi connectivity index (χ2n) is 5.26. The molecule has 0 aromatic carbocycles. The van der Waals surface area contributed by atoms with E-state index in [0.717, 1.165) is 17.4 Å². The van der Waals surface area contributed by atoms with Gasteiger partial charge in [0.15, 0.2) is 15.6 Å². The predicted octanol–water partition coefficient (Wildman–Crippen LogP) is 4.60. The maximum Gasteiger partial charge on any atom is 0.236 e. The van der Waals surface area contributed by atoms with E-state index >= 15 is 0 Å². The molecule has 0 saturated heterocycles. The molecule has 3 rings (SSSR count). The normalized spacial score (nSPS) is 10.9. The van der Waals surface area contributed by atoms with Crippen molar-refractivity contribution in [3.63, 3.8) is 0 Å². The highest BCUT2D eigenvalue weighted by molar-refractivity contribution is 9.10. The lowest BCUT2D eigenvalue weighted by Crippen LogP contribution is -2.15. The summed E-state index contributed by atoms with van der Waals surface area (Å²) in [6.07, 6.45) is 2.55. The smallest absolute Gasteiger partial charge is 0.236 e. The molecule has 10 heteroatoms. The van der Waals surface area contributed by atoms with Gasteiger partial charge in [0.05, 0.1) is 5.75 Å². The van der Waals surface area contributed by atoms with Gasteiger partial charge in [0.1, 0.15) is 5.82 Å². The van der Waals surface area contributed by atoms with Gasteiger partial charge in [-0.1, -0.05) is 18.7 Å². The van der Waals surface area contributed by atoms with Crippen molar-refractivity contribution in [2.75, 3.05) is 11.1 Å². The van der Waals surface area contributed by atoms with E-state index in [1.165, 1.54) is 11.8 Å². The molecule has 0 spiro atoms. The molecule has 3 aromatic rings. The molecule has 1 N–H and O–H groups in total. The summed E-state index contributed by atoms with van der Waals surface area (Å²) in [6.45, 7) is 2.81. The van der Waals surface area contributed by atoms with E-state index in [2.05, 4.69) is 59.3 Å². The third kappa shape index (κ3) is 4.74. The summed E-state index contributed by atoms with van der Waals surface area (Å²) in [5.41, 5.74) is 0. The molecule has 0 aliphatic carbocycles. The van der Waals surface area contributed by atoms with Crippen LogP contribution in [0, 0.1) is 0 Å². The number of rotatable bonds is 7. The van der Waals surface area contributed by atoms with E-state index in [1.54, 1.807) is 12.3 Å². The SMILES string of the molecule is CCCn1c(SCC(=O)Nc2ccc(Br)cn2)nnc1-c1ccc(Br)o1. The maximum absolute atomic E-state index is 12.2. The predicted molar refractivity (Wildman–Crippen MR) is 107 cm³/mol. The van der Waals surface area contributed by atoms with Crippen molar-refractivity contribution in [2.24, 2.45) is 0 Å². The molecule has 3 heterocycles. The number of carbonyl (C=O) groups excluding carboxylic acids is 1. The van der Waals surface area contributed by atoms with Gasteiger partial charge in [-0.2, -0.15) is 0 Å². The number of pyridine rings is 1. The summed E-state index contributed by atoms with van der Waals surface area (Å²) < 4.78 is 9.03. The average Bonchev–Trinajstić information content (AvgIpc) is 3.22. The molecule has 0 fully saturated rings. The lowest BCUT2D eigenvalue weighted by molar-refractivity contribution is -0.113. The van der Waals surface area contributed by atoms with Gasteiger partial charge in [-0.05, 0) is 62.5 Å². The van der Waals surface area contributed by atoms with Crippen molar-refractivity contribution in [1.82, 2.24) is 19.7 Å². The van der Waals surface area contributed by atoms with Crippen LogP contribution in [-0.2, 0) is 11.3 Å². The van der Waals surface area contributed by atoms with E-state index in [4.69, 9.17) is 4.42 Å². The molecular weight excluding hydrogens is 486 g/mol. The summed E-state index contributed by atoms with van der Waals surface area (Å²) in [7, 11) is 0. The highest BCUT2D eigenvalue weighted by atomic mass is 79.9. The standard InChI is InChI=1S/C16H15Br2N5O2S/c1-2-7-23-15(11-4-5-12(18)25-11)21-22-16(23)26-9-14(24)20-13-6-3-10(17)8-19-13/h3-6,8H,2,7,9H2,1H3,(H,19,20,24). The van der Waals surface area contributed by atoms with Crippen molar-refractivity contribution < 1.29 is 9.21 Å². The Morgan fingerprint density at radius 2 is 2.12 bits per heavy atom. The average molecular weight is 501 g/mol. The lowest BCUT2D eigenvalue weighted by atomic mass is 10.4. The van der Waals surface area contributed by atoms with E-state index in [-0.39, 0.29) is 11.7 Å². The summed E-state index contributed by atoms with van der Waals surface area (Å²) in [6, 6.07) is 7.20. The Hall–Kier alpha value is -1.65. The first-order valence-electron chi connectivity index (χ1n) is 7.80. The second kappa shape index (κ2) is 8.83. The Morgan fingerprint density at radius 3 is 2.77 bits per heavy atom. The van der Waals surface area contributed by atoms with Crippen molar-refractivity contribution in [2.45, 2.75) is 25.0 Å². The fourth-order valence-electron chi connectivity index (χ4n) is 2.20. The molecule has 0 unspecified atom stereocenters. The van der Waals surface area contributed by atoms with Crippen LogP contribution in [0.1, 0.15) is 13.3 Å². The van der Waals surface area contributed by atoms with E-state index in [9.17, 15) is 4.79 Å². The summed E-state index contributed by atoms with van der Waals surface area (Å²) in [5.74, 6) is 1.85. The van der Waals surface area contributed by atoms with Crippen molar-refractivity contribution in [3.8, 4) is 11.6 Å². The van der Waals surface area contributed by atoms with Crippen LogP contribution in [0.2, 0.25) is 0 Å². The zero-order chi connectivity index (χ0) is 18.5. The number of carbonyl (C=O) groups is 1. The number of furan rings is 1. The number of thioether (sulfide) groups is 1. The molecule has 3 aromatic heterocycles. The van der Waals surface area contributed by atoms with Crippen molar-refractivity contribution in [3.05, 3.63) is 39.6 Å². The summed E-state index contributed by atoms with van der Waals surface area (Å²) >= 11 is 7.93. The minimum atomic E-state index is -0.154. The Morgan fingerprint density at radius 1 is 1.27 bits per heavy atom. The highest BCUT2D eigenvalue weighted by Gasteiger charge is 2.17. The molecule has 7 nitrogen and oxygen atoms in total. The molecule has 0 atom stereocenters. The monoisotopic (exact) mass is 499 g/mol. The second-order valence-corrected chi connectivity index (χ2v) is 7.90. The van der Waals surface area contributed by atoms with Crippen LogP contribution in [0.4, 0.5) is 5.82 Å². The fourth-order valence-corrected chi connectivity index (χ4v) is 3.50. The van der Waals surface area contributed by atoms with Gasteiger partial charge in [-0.15, -0.1) is 10.2 Å². The fraction of sp³-hybridized carbons (Fsp3) is 0.250. The first-order chi connectivity index (χ1) is 12.6. The van der Waals surface area contributed by atoms with Crippen LogP contribution in [0.15, 0.2) is 49.2 Å². The Bertz CT molecular complexity index is 894. The molecule has 26 heavy (non-hydrogen) atoms. The molecule has 0 saturated carbocycles. The zero-order valence-corrected chi connectivity index (χ0v) is 17.8.